The van der Waals surface area contributed by atoms with Crippen molar-refractivity contribution >= 4 is 28.1 Å². The van der Waals surface area contributed by atoms with Gasteiger partial charge in [-0.3, -0.25) is 9.97 Å². The van der Waals surface area contributed by atoms with Crippen molar-refractivity contribution in [2.75, 3.05) is 5.73 Å². The van der Waals surface area contributed by atoms with E-state index in [4.69, 9.17) is 21.4 Å². The van der Waals surface area contributed by atoms with Crippen molar-refractivity contribution in [3.63, 3.8) is 0 Å². The number of imidazole rings is 1. The Morgan fingerprint density at radius 1 is 1.02 bits per heavy atom. The Hall–Kier alpha value is -5.30. The topological polar surface area (TPSA) is 119 Å². The molecule has 0 saturated carbocycles. The molecule has 0 aliphatic heterocycles. The van der Waals surface area contributed by atoms with E-state index in [2.05, 4.69) is 46.7 Å². The number of aliphatic imine (C=N–C) groups is 1. The Bertz CT molecular complexity index is 1790. The van der Waals surface area contributed by atoms with E-state index in [9.17, 15) is 0 Å². The normalized spacial score (nSPS) is 12.6. The molecule has 0 bridgehead atoms. The number of pyridine rings is 2. The number of amidine groups is 1. The Kier molecular flexibility index (Phi) is 8.15. The lowest BCUT2D eigenvalue weighted by molar-refractivity contribution is 0.983. The third-order valence-corrected chi connectivity index (χ3v) is 6.74. The number of aromatic nitrogens is 4. The minimum Gasteiger partial charge on any atom is -0.397 e. The van der Waals surface area contributed by atoms with Crippen LogP contribution in [0, 0.1) is 6.92 Å². The summed E-state index contributed by atoms with van der Waals surface area (Å²) in [6, 6.07) is 22.1. The van der Waals surface area contributed by atoms with Gasteiger partial charge in [-0.2, -0.15) is 0 Å². The maximum atomic E-state index is 6.37. The Labute approximate surface area is 240 Å². The average molecular weight is 540 g/mol. The van der Waals surface area contributed by atoms with Crippen LogP contribution in [0.3, 0.4) is 0 Å². The van der Waals surface area contributed by atoms with E-state index in [-0.39, 0.29) is 0 Å². The zero-order valence-corrected chi connectivity index (χ0v) is 23.3. The Balaban J connectivity index is 1.42. The number of rotatable bonds is 9. The predicted octanol–water partition coefficient (Wildman–Crippen LogP) is 6.57. The van der Waals surface area contributed by atoms with Crippen molar-refractivity contribution in [1.29, 1.82) is 0 Å². The van der Waals surface area contributed by atoms with E-state index in [0.717, 1.165) is 50.5 Å². The molecule has 7 heteroatoms. The highest BCUT2D eigenvalue weighted by Crippen LogP contribution is 2.28. The van der Waals surface area contributed by atoms with Crippen LogP contribution >= 0.6 is 0 Å². The van der Waals surface area contributed by atoms with Crippen LogP contribution in [0.25, 0.3) is 27.7 Å². The van der Waals surface area contributed by atoms with Crippen molar-refractivity contribution in [3.8, 4) is 11.1 Å². The number of aryl methyl sites for hydroxylation is 1. The molecule has 0 fully saturated rings. The number of anilines is 1. The van der Waals surface area contributed by atoms with Gasteiger partial charge in [0, 0.05) is 18.2 Å². The van der Waals surface area contributed by atoms with E-state index < -0.39 is 0 Å². The molecular formula is C34H33N7. The first-order valence-electron chi connectivity index (χ1n) is 13.5. The summed E-state index contributed by atoms with van der Waals surface area (Å²) < 4.78 is 0. The number of fused-ring (bicyclic) bond motifs is 1. The molecule has 0 aliphatic carbocycles. The van der Waals surface area contributed by atoms with Gasteiger partial charge >= 0.3 is 0 Å². The van der Waals surface area contributed by atoms with Crippen LogP contribution in [0.4, 0.5) is 5.69 Å². The van der Waals surface area contributed by atoms with Gasteiger partial charge in [0.15, 0.2) is 0 Å². The van der Waals surface area contributed by atoms with Gasteiger partial charge in [-0.25, -0.2) is 9.98 Å². The Morgan fingerprint density at radius 3 is 2.61 bits per heavy atom. The molecule has 0 radical (unpaired) electrons. The average Bonchev–Trinajstić information content (AvgIpc) is 3.39. The molecule has 0 atom stereocenters. The summed E-state index contributed by atoms with van der Waals surface area (Å²) in [7, 11) is 0. The lowest BCUT2D eigenvalue weighted by Crippen LogP contribution is -2.15. The van der Waals surface area contributed by atoms with E-state index >= 15 is 0 Å². The van der Waals surface area contributed by atoms with Gasteiger partial charge in [0.05, 0.1) is 46.4 Å². The molecule has 7 nitrogen and oxygen atoms in total. The first-order chi connectivity index (χ1) is 19.9. The van der Waals surface area contributed by atoms with Crippen LogP contribution in [0.2, 0.25) is 0 Å². The second-order valence-electron chi connectivity index (χ2n) is 9.83. The van der Waals surface area contributed by atoms with Crippen molar-refractivity contribution in [2.24, 2.45) is 10.7 Å². The van der Waals surface area contributed by atoms with Crippen molar-refractivity contribution in [1.82, 2.24) is 19.9 Å². The smallest absolute Gasteiger partial charge is 0.113 e. The second-order valence-corrected chi connectivity index (χ2v) is 9.83. The third-order valence-electron chi connectivity index (χ3n) is 6.74. The van der Waals surface area contributed by atoms with Gasteiger partial charge in [-0.1, -0.05) is 72.8 Å². The highest BCUT2D eigenvalue weighted by Gasteiger charge is 2.13. The summed E-state index contributed by atoms with van der Waals surface area (Å²) in [6.45, 7) is 7.96. The monoisotopic (exact) mass is 539 g/mol. The summed E-state index contributed by atoms with van der Waals surface area (Å²) in [5.41, 5.74) is 22.3. The molecule has 0 spiro atoms. The highest BCUT2D eigenvalue weighted by atomic mass is 14.9. The van der Waals surface area contributed by atoms with Gasteiger partial charge in [0.2, 0.25) is 0 Å². The number of nitrogen functional groups attached to an aromatic ring is 1. The largest absolute Gasteiger partial charge is 0.397 e. The molecule has 5 aromatic rings. The molecule has 0 saturated heterocycles. The number of benzene rings is 2. The summed E-state index contributed by atoms with van der Waals surface area (Å²) >= 11 is 0. The van der Waals surface area contributed by atoms with Gasteiger partial charge < -0.3 is 16.5 Å². The molecular weight excluding hydrogens is 506 g/mol. The molecule has 0 amide bonds. The number of allylic oxidation sites excluding steroid dienone is 4. The van der Waals surface area contributed by atoms with Gasteiger partial charge in [-0.05, 0) is 54.8 Å². The quantitative estimate of drug-likeness (QED) is 0.111. The molecule has 0 aliphatic rings. The van der Waals surface area contributed by atoms with Crippen LogP contribution in [0.1, 0.15) is 35.3 Å². The van der Waals surface area contributed by atoms with Gasteiger partial charge in [-0.15, -0.1) is 0 Å². The fourth-order valence-electron chi connectivity index (χ4n) is 4.68. The number of hydrogen-bond acceptors (Lipinski definition) is 5. The molecule has 41 heavy (non-hydrogen) atoms. The molecule has 3 aromatic heterocycles. The van der Waals surface area contributed by atoms with Crippen molar-refractivity contribution < 1.29 is 0 Å². The summed E-state index contributed by atoms with van der Waals surface area (Å²) in [5, 5.41) is 0. The number of H-pyrrole nitrogens is 1. The fourth-order valence-corrected chi connectivity index (χ4v) is 4.68. The van der Waals surface area contributed by atoms with E-state index in [1.54, 1.807) is 12.3 Å². The van der Waals surface area contributed by atoms with Crippen LogP contribution in [-0.4, -0.2) is 25.8 Å². The Morgan fingerprint density at radius 2 is 1.85 bits per heavy atom. The maximum absolute atomic E-state index is 6.37. The van der Waals surface area contributed by atoms with Crippen LogP contribution < -0.4 is 11.5 Å². The summed E-state index contributed by atoms with van der Waals surface area (Å²) in [5.74, 6) is 1.27. The molecule has 0 unspecified atom stereocenters. The van der Waals surface area contributed by atoms with Crippen molar-refractivity contribution in [3.05, 3.63) is 138 Å². The first kappa shape index (κ1) is 27.3. The van der Waals surface area contributed by atoms with Crippen LogP contribution in [-0.2, 0) is 12.8 Å². The number of aromatic amines is 1. The summed E-state index contributed by atoms with van der Waals surface area (Å²) in [6.07, 6.45) is 10.2. The third kappa shape index (κ3) is 6.47. The number of nitrogens with one attached hydrogen (secondary N) is 1. The molecule has 5 rings (SSSR count). The minimum atomic E-state index is 0.443. The predicted molar refractivity (Wildman–Crippen MR) is 169 cm³/mol. The van der Waals surface area contributed by atoms with Crippen LogP contribution in [0.15, 0.2) is 115 Å². The second kappa shape index (κ2) is 12.3. The zero-order chi connectivity index (χ0) is 28.8. The van der Waals surface area contributed by atoms with E-state index in [0.29, 0.717) is 30.1 Å². The SMILES string of the molecule is C=C/C(=C\C(=C/C)c1ccc(N)c(Cc2nc3c(-c4cccc(C)c4)cncc3[nH]2)n1)N=C(N)Cc1ccccc1. The lowest BCUT2D eigenvalue weighted by atomic mass is 10.0. The summed E-state index contributed by atoms with van der Waals surface area (Å²) in [4.78, 5) is 22.3. The molecule has 5 N–H and O–H groups in total. The van der Waals surface area contributed by atoms with E-state index in [1.165, 1.54) is 5.56 Å². The molecule has 204 valence electrons. The van der Waals surface area contributed by atoms with Crippen molar-refractivity contribution in [2.45, 2.75) is 26.7 Å². The minimum absolute atomic E-state index is 0.443. The van der Waals surface area contributed by atoms with Gasteiger partial charge in [0.25, 0.3) is 0 Å². The fraction of sp³-hybridized carbons (Fsp3) is 0.118. The molecule has 2 aromatic carbocycles. The van der Waals surface area contributed by atoms with E-state index in [1.807, 2.05) is 73.8 Å². The maximum Gasteiger partial charge on any atom is 0.113 e. The number of hydrogen-bond donors (Lipinski definition) is 3. The van der Waals surface area contributed by atoms with Crippen LogP contribution in [0.5, 0.6) is 0 Å². The number of nitrogens with two attached hydrogens (primary N) is 2. The van der Waals surface area contributed by atoms with Gasteiger partial charge in [0.1, 0.15) is 11.7 Å². The zero-order valence-electron chi connectivity index (χ0n) is 23.3. The highest BCUT2D eigenvalue weighted by molar-refractivity contribution is 5.91. The standard InChI is InChI=1S/C34H33N7/c1-4-24(18-26(5-2)38-32(36)17-23-11-7-6-8-12-23)29-15-14-28(35)30(39-29)19-33-40-31-21-37-20-27(34(31)41-33)25-13-9-10-22(3)16-25/h4-16,18,20-21H,2,17,19,35H2,1,3H3,(H2,36,38)(H,40,41)/b24-4+,26-18+. The molecule has 3 heterocycles. The lowest BCUT2D eigenvalue weighted by Gasteiger charge is -2.09. The first-order valence-corrected chi connectivity index (χ1v) is 13.5. The number of nitrogens with zero attached hydrogens (tertiary/aromatic N) is 4.